The number of halogens is 1. The predicted molar refractivity (Wildman–Crippen MR) is 68.6 cm³/mol. The van der Waals surface area contributed by atoms with Crippen molar-refractivity contribution in [2.75, 3.05) is 19.5 Å². The summed E-state index contributed by atoms with van der Waals surface area (Å²) in [6.07, 6.45) is 4.38. The molecule has 0 aliphatic rings. The number of aromatic amines is 1. The number of rotatable bonds is 6. The van der Waals surface area contributed by atoms with Crippen molar-refractivity contribution in [1.29, 1.82) is 0 Å². The van der Waals surface area contributed by atoms with Gasteiger partial charge in [-0.1, -0.05) is 6.42 Å². The van der Waals surface area contributed by atoms with E-state index in [1.54, 1.807) is 11.9 Å². The Bertz CT molecular complexity index is 397. The molecule has 0 aromatic carbocycles. The normalized spacial score (nSPS) is 10.2. The van der Waals surface area contributed by atoms with E-state index < -0.39 is 0 Å². The Balaban J connectivity index is 2.46. The summed E-state index contributed by atoms with van der Waals surface area (Å²) in [7, 11) is 1.76. The van der Waals surface area contributed by atoms with Crippen LogP contribution in [0.1, 0.15) is 29.6 Å². The maximum atomic E-state index is 11.9. The van der Waals surface area contributed by atoms with Crippen LogP contribution < -0.4 is 5.56 Å². The molecule has 1 aromatic rings. The van der Waals surface area contributed by atoms with Crippen LogP contribution in [-0.4, -0.2) is 35.3 Å². The second-order valence-electron chi connectivity index (χ2n) is 3.92. The fourth-order valence-corrected chi connectivity index (χ4v) is 1.67. The first-order valence-corrected chi connectivity index (χ1v) is 6.19. The van der Waals surface area contributed by atoms with Gasteiger partial charge in [0.25, 0.3) is 5.91 Å². The van der Waals surface area contributed by atoms with Gasteiger partial charge in [0, 0.05) is 31.7 Å². The molecule has 0 saturated carbocycles. The molecule has 0 radical (unpaired) electrons. The highest BCUT2D eigenvalue weighted by Crippen LogP contribution is 2.03. The SMILES string of the molecule is CN(CCCCCCl)C(=O)c1ccc(=O)[nH]c1. The number of carbonyl (C=O) groups excluding carboxylic acids is 1. The minimum atomic E-state index is -0.202. The number of carbonyl (C=O) groups is 1. The molecule has 94 valence electrons. The van der Waals surface area contributed by atoms with Crippen LogP contribution in [0, 0.1) is 0 Å². The summed E-state index contributed by atoms with van der Waals surface area (Å²) in [6, 6.07) is 2.89. The summed E-state index contributed by atoms with van der Waals surface area (Å²) in [6.45, 7) is 0.703. The molecule has 0 bridgehead atoms. The number of unbranched alkanes of at least 4 members (excludes halogenated alkanes) is 2. The van der Waals surface area contributed by atoms with Crippen molar-refractivity contribution < 1.29 is 4.79 Å². The molecule has 1 aromatic heterocycles. The van der Waals surface area contributed by atoms with E-state index in [0.717, 1.165) is 19.3 Å². The third kappa shape index (κ3) is 4.61. The van der Waals surface area contributed by atoms with Crippen molar-refractivity contribution in [3.63, 3.8) is 0 Å². The van der Waals surface area contributed by atoms with Gasteiger partial charge in [-0.25, -0.2) is 0 Å². The van der Waals surface area contributed by atoms with Gasteiger partial charge in [0.15, 0.2) is 0 Å². The molecule has 17 heavy (non-hydrogen) atoms. The van der Waals surface area contributed by atoms with Crippen molar-refractivity contribution in [2.45, 2.75) is 19.3 Å². The molecule has 1 heterocycles. The molecular weight excluding hydrogens is 240 g/mol. The van der Waals surface area contributed by atoms with Gasteiger partial charge in [-0.2, -0.15) is 0 Å². The van der Waals surface area contributed by atoms with E-state index in [9.17, 15) is 9.59 Å². The van der Waals surface area contributed by atoms with E-state index in [-0.39, 0.29) is 11.5 Å². The number of aromatic nitrogens is 1. The maximum Gasteiger partial charge on any atom is 0.255 e. The lowest BCUT2D eigenvalue weighted by Crippen LogP contribution is -2.28. The first-order valence-electron chi connectivity index (χ1n) is 5.65. The van der Waals surface area contributed by atoms with E-state index in [1.807, 2.05) is 0 Å². The number of H-pyrrole nitrogens is 1. The average Bonchev–Trinajstić information content (AvgIpc) is 2.34. The molecule has 1 N–H and O–H groups in total. The van der Waals surface area contributed by atoms with Crippen molar-refractivity contribution in [3.8, 4) is 0 Å². The standard InChI is InChI=1S/C12H17ClN2O2/c1-15(8-4-2-3-7-13)12(17)10-5-6-11(16)14-9-10/h5-6,9H,2-4,7-8H2,1H3,(H,14,16). The lowest BCUT2D eigenvalue weighted by atomic mass is 10.2. The van der Waals surface area contributed by atoms with Crippen molar-refractivity contribution >= 4 is 17.5 Å². The lowest BCUT2D eigenvalue weighted by Gasteiger charge is -2.16. The van der Waals surface area contributed by atoms with Crippen LogP contribution in [0.25, 0.3) is 0 Å². The van der Waals surface area contributed by atoms with E-state index in [2.05, 4.69) is 4.98 Å². The Morgan fingerprint density at radius 2 is 2.12 bits per heavy atom. The highest BCUT2D eigenvalue weighted by molar-refractivity contribution is 6.17. The van der Waals surface area contributed by atoms with Gasteiger partial charge < -0.3 is 9.88 Å². The Morgan fingerprint density at radius 3 is 2.71 bits per heavy atom. The zero-order valence-electron chi connectivity index (χ0n) is 9.91. The number of alkyl halides is 1. The monoisotopic (exact) mass is 256 g/mol. The smallest absolute Gasteiger partial charge is 0.255 e. The van der Waals surface area contributed by atoms with E-state index in [0.29, 0.717) is 18.0 Å². The molecule has 0 spiro atoms. The second-order valence-corrected chi connectivity index (χ2v) is 4.30. The summed E-state index contributed by atoms with van der Waals surface area (Å²) in [4.78, 5) is 26.9. The van der Waals surface area contributed by atoms with Gasteiger partial charge in [-0.3, -0.25) is 9.59 Å². The fourth-order valence-electron chi connectivity index (χ4n) is 1.49. The predicted octanol–water partition coefficient (Wildman–Crippen LogP) is 1.86. The number of amides is 1. The molecular formula is C12H17ClN2O2. The highest BCUT2D eigenvalue weighted by atomic mass is 35.5. The summed E-state index contributed by atoms with van der Waals surface area (Å²) in [5, 5.41) is 0. The van der Waals surface area contributed by atoms with Crippen LogP contribution in [0.4, 0.5) is 0 Å². The number of nitrogens with zero attached hydrogens (tertiary/aromatic N) is 1. The minimum absolute atomic E-state index is 0.0767. The van der Waals surface area contributed by atoms with Crippen LogP contribution in [-0.2, 0) is 0 Å². The van der Waals surface area contributed by atoms with Gasteiger partial charge in [0.2, 0.25) is 5.56 Å². The highest BCUT2D eigenvalue weighted by Gasteiger charge is 2.10. The van der Waals surface area contributed by atoms with Crippen LogP contribution in [0.15, 0.2) is 23.1 Å². The Morgan fingerprint density at radius 1 is 1.35 bits per heavy atom. The van der Waals surface area contributed by atoms with Crippen molar-refractivity contribution in [1.82, 2.24) is 9.88 Å². The van der Waals surface area contributed by atoms with E-state index in [1.165, 1.54) is 18.3 Å². The van der Waals surface area contributed by atoms with Crippen LogP contribution in [0.2, 0.25) is 0 Å². The van der Waals surface area contributed by atoms with E-state index in [4.69, 9.17) is 11.6 Å². The molecule has 0 saturated heterocycles. The molecule has 1 amide bonds. The van der Waals surface area contributed by atoms with Gasteiger partial charge >= 0.3 is 0 Å². The van der Waals surface area contributed by atoms with E-state index >= 15 is 0 Å². The molecule has 0 fully saturated rings. The first kappa shape index (κ1) is 13.8. The third-order valence-electron chi connectivity index (χ3n) is 2.50. The largest absolute Gasteiger partial charge is 0.342 e. The topological polar surface area (TPSA) is 53.2 Å². The Kier molecular flexibility index (Phi) is 5.77. The minimum Gasteiger partial charge on any atom is -0.342 e. The zero-order chi connectivity index (χ0) is 12.7. The van der Waals surface area contributed by atoms with Gasteiger partial charge in [0.05, 0.1) is 5.56 Å². The summed E-state index contributed by atoms with van der Waals surface area (Å²) in [5.74, 6) is 0.588. The number of hydrogen-bond acceptors (Lipinski definition) is 2. The fraction of sp³-hybridized carbons (Fsp3) is 0.500. The zero-order valence-corrected chi connectivity index (χ0v) is 10.7. The molecule has 4 nitrogen and oxygen atoms in total. The number of hydrogen-bond donors (Lipinski definition) is 1. The summed E-state index contributed by atoms with van der Waals surface area (Å²) >= 11 is 5.58. The van der Waals surface area contributed by atoms with Crippen molar-refractivity contribution in [3.05, 3.63) is 34.2 Å². The Hall–Kier alpha value is -1.29. The lowest BCUT2D eigenvalue weighted by molar-refractivity contribution is 0.0792. The molecule has 1 rings (SSSR count). The van der Waals surface area contributed by atoms with Gasteiger partial charge in [-0.15, -0.1) is 11.6 Å². The molecule has 5 heteroatoms. The van der Waals surface area contributed by atoms with Crippen molar-refractivity contribution in [2.24, 2.45) is 0 Å². The summed E-state index contributed by atoms with van der Waals surface area (Å²) < 4.78 is 0. The molecule has 0 unspecified atom stereocenters. The number of pyridine rings is 1. The maximum absolute atomic E-state index is 11.9. The van der Waals surface area contributed by atoms with Crippen LogP contribution >= 0.6 is 11.6 Å². The quantitative estimate of drug-likeness (QED) is 0.624. The molecule has 0 aliphatic carbocycles. The Labute approximate surface area is 106 Å². The van der Waals surface area contributed by atoms with Gasteiger partial charge in [-0.05, 0) is 18.9 Å². The molecule has 0 atom stereocenters. The second kappa shape index (κ2) is 7.12. The number of nitrogens with one attached hydrogen (secondary N) is 1. The average molecular weight is 257 g/mol. The summed E-state index contributed by atoms with van der Waals surface area (Å²) in [5.41, 5.74) is 0.302. The van der Waals surface area contributed by atoms with Crippen LogP contribution in [0.3, 0.4) is 0 Å². The van der Waals surface area contributed by atoms with Gasteiger partial charge in [0.1, 0.15) is 0 Å². The third-order valence-corrected chi connectivity index (χ3v) is 2.77. The molecule has 0 aliphatic heterocycles. The first-order chi connectivity index (χ1) is 8.15. The van der Waals surface area contributed by atoms with Crippen LogP contribution in [0.5, 0.6) is 0 Å².